The normalized spacial score (nSPS) is 16.4. The Morgan fingerprint density at radius 2 is 1.90 bits per heavy atom. The molecule has 1 saturated heterocycles. The quantitative estimate of drug-likeness (QED) is 0.428. The highest BCUT2D eigenvalue weighted by Crippen LogP contribution is 2.41. The van der Waals surface area contributed by atoms with Crippen LogP contribution in [0.4, 0.5) is 5.69 Å². The monoisotopic (exact) mass is 543 g/mol. The topological polar surface area (TPSA) is 105 Å². The van der Waals surface area contributed by atoms with Gasteiger partial charge in [-0.25, -0.2) is 0 Å². The summed E-state index contributed by atoms with van der Waals surface area (Å²) >= 11 is 0. The third kappa shape index (κ3) is 5.24. The third-order valence-corrected chi connectivity index (χ3v) is 8.08. The molecule has 4 amide bonds. The Morgan fingerprint density at radius 3 is 2.60 bits per heavy atom. The number of nitrogens with zero attached hydrogens (tertiary/aromatic N) is 4. The third-order valence-electron chi connectivity index (χ3n) is 8.08. The largest absolute Gasteiger partial charge is 0.342 e. The molecular formula is C31H37N5O4. The number of aromatic nitrogens is 2. The van der Waals surface area contributed by atoms with Gasteiger partial charge in [-0.05, 0) is 54.8 Å². The van der Waals surface area contributed by atoms with Crippen LogP contribution in [0.1, 0.15) is 80.9 Å². The second-order valence-electron chi connectivity index (χ2n) is 12.0. The van der Waals surface area contributed by atoms with Gasteiger partial charge in [-0.1, -0.05) is 39.0 Å². The van der Waals surface area contributed by atoms with Gasteiger partial charge in [0.1, 0.15) is 0 Å². The molecule has 5 rings (SSSR count). The molecule has 2 aromatic carbocycles. The molecular weight excluding hydrogens is 506 g/mol. The van der Waals surface area contributed by atoms with E-state index in [0.29, 0.717) is 24.8 Å². The zero-order valence-corrected chi connectivity index (χ0v) is 23.6. The number of likely N-dealkylation sites (tertiary alicyclic amines) is 1. The molecule has 1 unspecified atom stereocenters. The first-order valence-electron chi connectivity index (χ1n) is 14.0. The lowest BCUT2D eigenvalue weighted by Gasteiger charge is -2.35. The number of imide groups is 1. The first-order valence-corrected chi connectivity index (χ1v) is 14.0. The maximum Gasteiger partial charge on any atom is 0.259 e. The zero-order chi connectivity index (χ0) is 28.6. The van der Waals surface area contributed by atoms with Crippen LogP contribution in [0.15, 0.2) is 42.7 Å². The fourth-order valence-corrected chi connectivity index (χ4v) is 5.96. The van der Waals surface area contributed by atoms with Crippen molar-refractivity contribution in [2.75, 3.05) is 18.0 Å². The van der Waals surface area contributed by atoms with Gasteiger partial charge in [-0.3, -0.25) is 29.2 Å². The Labute approximate surface area is 234 Å². The molecule has 2 aliphatic rings. The van der Waals surface area contributed by atoms with Crippen molar-refractivity contribution in [3.8, 4) is 0 Å². The highest BCUT2D eigenvalue weighted by Gasteiger charge is 2.34. The molecule has 210 valence electrons. The Hall–Kier alpha value is -4.01. The van der Waals surface area contributed by atoms with Crippen LogP contribution < -0.4 is 10.2 Å². The number of carbonyl (C=O) groups excluding carboxylic acids is 4. The van der Waals surface area contributed by atoms with Crippen molar-refractivity contribution in [2.45, 2.75) is 71.9 Å². The van der Waals surface area contributed by atoms with Crippen molar-refractivity contribution >= 4 is 40.6 Å². The van der Waals surface area contributed by atoms with Crippen LogP contribution in [-0.4, -0.2) is 57.9 Å². The van der Waals surface area contributed by atoms with E-state index in [0.717, 1.165) is 53.5 Å². The van der Waals surface area contributed by atoms with Crippen molar-refractivity contribution in [3.05, 3.63) is 59.4 Å². The number of carbonyl (C=O) groups is 4. The molecule has 1 fully saturated rings. The summed E-state index contributed by atoms with van der Waals surface area (Å²) in [6, 6.07) is 9.99. The fraction of sp³-hybridized carbons (Fsp3) is 0.452. The van der Waals surface area contributed by atoms with Crippen molar-refractivity contribution in [1.29, 1.82) is 0 Å². The second-order valence-corrected chi connectivity index (χ2v) is 12.0. The van der Waals surface area contributed by atoms with E-state index in [1.165, 1.54) is 0 Å². The number of piperidine rings is 1. The van der Waals surface area contributed by atoms with Gasteiger partial charge in [0.25, 0.3) is 5.91 Å². The Morgan fingerprint density at radius 1 is 1.15 bits per heavy atom. The van der Waals surface area contributed by atoms with Crippen molar-refractivity contribution in [2.24, 2.45) is 5.41 Å². The lowest BCUT2D eigenvalue weighted by atomic mass is 9.93. The lowest BCUT2D eigenvalue weighted by molar-refractivity contribution is -0.140. The molecule has 0 radical (unpaired) electrons. The summed E-state index contributed by atoms with van der Waals surface area (Å²) in [4.78, 5) is 52.1. The predicted molar refractivity (Wildman–Crippen MR) is 153 cm³/mol. The van der Waals surface area contributed by atoms with E-state index in [2.05, 4.69) is 28.7 Å². The van der Waals surface area contributed by atoms with E-state index in [-0.39, 0.29) is 41.6 Å². The van der Waals surface area contributed by atoms with Gasteiger partial charge in [-0.15, -0.1) is 0 Å². The molecule has 0 aliphatic carbocycles. The van der Waals surface area contributed by atoms with E-state index < -0.39 is 0 Å². The van der Waals surface area contributed by atoms with Gasteiger partial charge in [0.05, 0.1) is 17.9 Å². The number of anilines is 1. The highest BCUT2D eigenvalue weighted by molar-refractivity contribution is 6.25. The molecule has 40 heavy (non-hydrogen) atoms. The summed E-state index contributed by atoms with van der Waals surface area (Å²) in [6.45, 7) is 9.31. The number of rotatable bonds is 8. The molecule has 9 nitrogen and oxygen atoms in total. The standard InChI is InChI=1S/C31H37N5O4/c1-20(8-11-27(38)32-19-37)36-26-10-9-22(24-6-5-7-25(28(24)26)29(36)39)16-21-17-33-35(18-21)23-12-14-34(15-13-23)30(40)31(2,3)4/h5-7,9-10,17-20,23H,8,11-16H2,1-4H3,(H,32,37,38). The molecule has 1 atom stereocenters. The maximum absolute atomic E-state index is 13.4. The van der Waals surface area contributed by atoms with Gasteiger partial charge in [0.15, 0.2) is 0 Å². The Kier molecular flexibility index (Phi) is 7.49. The summed E-state index contributed by atoms with van der Waals surface area (Å²) < 4.78 is 2.04. The van der Waals surface area contributed by atoms with E-state index in [1.54, 1.807) is 4.90 Å². The number of amides is 4. The molecule has 0 bridgehead atoms. The molecule has 0 spiro atoms. The van der Waals surface area contributed by atoms with Crippen molar-refractivity contribution < 1.29 is 19.2 Å². The molecule has 1 aromatic heterocycles. The number of benzene rings is 2. The first kappa shape index (κ1) is 27.6. The van der Waals surface area contributed by atoms with Crippen molar-refractivity contribution in [1.82, 2.24) is 20.0 Å². The highest BCUT2D eigenvalue weighted by atomic mass is 16.2. The number of nitrogens with one attached hydrogen (secondary N) is 1. The second kappa shape index (κ2) is 10.9. The molecule has 3 heterocycles. The fourth-order valence-electron chi connectivity index (χ4n) is 5.96. The van der Waals surface area contributed by atoms with Crippen molar-refractivity contribution in [3.63, 3.8) is 0 Å². The zero-order valence-electron chi connectivity index (χ0n) is 23.6. The average molecular weight is 544 g/mol. The Balaban J connectivity index is 1.31. The minimum absolute atomic E-state index is 0.0647. The van der Waals surface area contributed by atoms with Gasteiger partial charge < -0.3 is 9.80 Å². The summed E-state index contributed by atoms with van der Waals surface area (Å²) in [6.07, 6.45) is 7.49. The van der Waals surface area contributed by atoms with E-state index in [9.17, 15) is 19.2 Å². The van der Waals surface area contributed by atoms with Gasteiger partial charge in [0.2, 0.25) is 18.2 Å². The molecule has 1 N–H and O–H groups in total. The van der Waals surface area contributed by atoms with Gasteiger partial charge >= 0.3 is 0 Å². The summed E-state index contributed by atoms with van der Waals surface area (Å²) in [7, 11) is 0. The first-order chi connectivity index (χ1) is 19.1. The summed E-state index contributed by atoms with van der Waals surface area (Å²) in [5.41, 5.74) is 3.39. The van der Waals surface area contributed by atoms with Gasteiger partial charge in [0, 0.05) is 54.5 Å². The van der Waals surface area contributed by atoms with E-state index >= 15 is 0 Å². The summed E-state index contributed by atoms with van der Waals surface area (Å²) in [5.74, 6) is -0.213. The SMILES string of the molecule is CC(CCC(=O)NC=O)N1C(=O)c2cccc3c(Cc4cnn(C5CCN(C(=O)C(C)(C)C)CC5)c4)ccc1c23. The number of hydrogen-bond acceptors (Lipinski definition) is 5. The molecule has 0 saturated carbocycles. The number of hydrogen-bond donors (Lipinski definition) is 1. The van der Waals surface area contributed by atoms with Crippen LogP contribution in [0.3, 0.4) is 0 Å². The van der Waals surface area contributed by atoms with E-state index in [4.69, 9.17) is 0 Å². The maximum atomic E-state index is 13.4. The van der Waals surface area contributed by atoms with Crippen LogP contribution in [-0.2, 0) is 20.8 Å². The van der Waals surface area contributed by atoms with Gasteiger partial charge in [-0.2, -0.15) is 5.10 Å². The van der Waals surface area contributed by atoms with E-state index in [1.807, 2.05) is 61.7 Å². The van der Waals surface area contributed by atoms with Crippen LogP contribution in [0, 0.1) is 5.41 Å². The minimum Gasteiger partial charge on any atom is -0.342 e. The smallest absolute Gasteiger partial charge is 0.259 e. The molecule has 9 heteroatoms. The van der Waals surface area contributed by atoms with Crippen LogP contribution in [0.25, 0.3) is 10.8 Å². The Bertz CT molecular complexity index is 1460. The van der Waals surface area contributed by atoms with Crippen LogP contribution in [0.2, 0.25) is 0 Å². The minimum atomic E-state index is -0.362. The molecule has 2 aliphatic heterocycles. The predicted octanol–water partition coefficient (Wildman–Crippen LogP) is 4.24. The van der Waals surface area contributed by atoms with Crippen LogP contribution in [0.5, 0.6) is 0 Å². The summed E-state index contributed by atoms with van der Waals surface area (Å²) in [5, 5.41) is 8.82. The lowest BCUT2D eigenvalue weighted by Crippen LogP contribution is -2.44. The average Bonchev–Trinajstić information content (AvgIpc) is 3.51. The van der Waals surface area contributed by atoms with Crippen LogP contribution >= 0.6 is 0 Å². The molecule has 3 aromatic rings.